The second-order valence-corrected chi connectivity index (χ2v) is 6.63. The van der Waals surface area contributed by atoms with Gasteiger partial charge in [-0.05, 0) is 62.1 Å². The van der Waals surface area contributed by atoms with Crippen molar-refractivity contribution in [3.8, 4) is 5.75 Å². The molecule has 0 spiro atoms. The van der Waals surface area contributed by atoms with Crippen molar-refractivity contribution in [3.05, 3.63) is 59.4 Å². The number of hydrogen-bond acceptors (Lipinski definition) is 4. The van der Waals surface area contributed by atoms with Crippen LogP contribution < -0.4 is 15.8 Å². The third kappa shape index (κ3) is 6.38. The van der Waals surface area contributed by atoms with Gasteiger partial charge in [-0.25, -0.2) is 0 Å². The van der Waals surface area contributed by atoms with Crippen LogP contribution in [0.4, 0.5) is 0 Å². The molecule has 1 heterocycles. The summed E-state index contributed by atoms with van der Waals surface area (Å²) < 4.78 is 5.74. The summed E-state index contributed by atoms with van der Waals surface area (Å²) in [5.41, 5.74) is 8.36. The van der Waals surface area contributed by atoms with Crippen molar-refractivity contribution in [1.82, 2.24) is 10.3 Å². The molecule has 27 heavy (non-hydrogen) atoms. The van der Waals surface area contributed by atoms with Crippen LogP contribution in [-0.4, -0.2) is 23.5 Å². The fourth-order valence-electron chi connectivity index (χ4n) is 3.27. The number of rotatable bonds is 6. The van der Waals surface area contributed by atoms with Crippen molar-refractivity contribution < 1.29 is 9.53 Å². The molecule has 5 nitrogen and oxygen atoms in total. The zero-order valence-electron chi connectivity index (χ0n) is 15.4. The Morgan fingerprint density at radius 3 is 2.78 bits per heavy atom. The van der Waals surface area contributed by atoms with E-state index in [1.165, 1.54) is 0 Å². The maximum absolute atomic E-state index is 12.5. The molecule has 3 rings (SSSR count). The van der Waals surface area contributed by atoms with Crippen LogP contribution in [0.2, 0.25) is 0 Å². The van der Waals surface area contributed by atoms with Gasteiger partial charge in [-0.15, -0.1) is 24.8 Å². The van der Waals surface area contributed by atoms with E-state index in [2.05, 4.69) is 10.3 Å². The molecule has 1 aromatic carbocycles. The fraction of sp³-hybridized carbons (Fsp3) is 0.400. The summed E-state index contributed by atoms with van der Waals surface area (Å²) in [7, 11) is 0. The highest BCUT2D eigenvalue weighted by atomic mass is 35.5. The van der Waals surface area contributed by atoms with Gasteiger partial charge in [0.15, 0.2) is 0 Å². The number of aromatic nitrogens is 1. The van der Waals surface area contributed by atoms with E-state index in [4.69, 9.17) is 10.5 Å². The fourth-order valence-corrected chi connectivity index (χ4v) is 3.27. The minimum absolute atomic E-state index is 0. The van der Waals surface area contributed by atoms with E-state index >= 15 is 0 Å². The van der Waals surface area contributed by atoms with Gasteiger partial charge in [0.2, 0.25) is 0 Å². The molecule has 0 bridgehead atoms. The minimum Gasteiger partial charge on any atom is -0.487 e. The predicted molar refractivity (Wildman–Crippen MR) is 112 cm³/mol. The van der Waals surface area contributed by atoms with Gasteiger partial charge in [0, 0.05) is 17.3 Å². The topological polar surface area (TPSA) is 77.2 Å². The SMILES string of the molecule is Cc1ccc(OCc2cccc(C(=O)NC3CCCC3CN)c2)cn1.Cl.Cl. The maximum Gasteiger partial charge on any atom is 0.251 e. The molecular formula is C20H27Cl2N3O2. The van der Waals surface area contributed by atoms with Crippen molar-refractivity contribution >= 4 is 30.7 Å². The number of amides is 1. The number of aryl methyl sites for hydroxylation is 1. The Bertz CT molecular complexity index is 725. The molecule has 1 saturated carbocycles. The van der Waals surface area contributed by atoms with Crippen molar-refractivity contribution in [3.63, 3.8) is 0 Å². The summed E-state index contributed by atoms with van der Waals surface area (Å²) in [6, 6.07) is 11.5. The molecule has 0 saturated heterocycles. The Balaban J connectivity index is 0.00000182. The number of hydrogen-bond donors (Lipinski definition) is 2. The first-order valence-electron chi connectivity index (χ1n) is 8.81. The summed E-state index contributed by atoms with van der Waals surface area (Å²) in [5, 5.41) is 3.13. The first-order chi connectivity index (χ1) is 12.2. The Labute approximate surface area is 172 Å². The smallest absolute Gasteiger partial charge is 0.251 e. The van der Waals surface area contributed by atoms with Crippen LogP contribution in [0.3, 0.4) is 0 Å². The Morgan fingerprint density at radius 2 is 2.07 bits per heavy atom. The molecule has 2 atom stereocenters. The number of carbonyl (C=O) groups excluding carboxylic acids is 1. The van der Waals surface area contributed by atoms with Gasteiger partial charge in [0.1, 0.15) is 12.4 Å². The largest absolute Gasteiger partial charge is 0.487 e. The molecule has 148 valence electrons. The van der Waals surface area contributed by atoms with E-state index < -0.39 is 0 Å². The Morgan fingerprint density at radius 1 is 1.26 bits per heavy atom. The molecule has 1 fully saturated rings. The first kappa shape index (κ1) is 23.2. The molecule has 2 unspecified atom stereocenters. The first-order valence-corrected chi connectivity index (χ1v) is 8.81. The Kier molecular flexibility index (Phi) is 9.56. The minimum atomic E-state index is -0.0378. The van der Waals surface area contributed by atoms with Crippen LogP contribution in [0.25, 0.3) is 0 Å². The van der Waals surface area contributed by atoms with Gasteiger partial charge in [-0.2, -0.15) is 0 Å². The second kappa shape index (κ2) is 11.1. The molecule has 0 aliphatic heterocycles. The second-order valence-electron chi connectivity index (χ2n) is 6.63. The predicted octanol–water partition coefficient (Wildman–Crippen LogP) is 3.67. The van der Waals surface area contributed by atoms with Crippen LogP contribution in [0.5, 0.6) is 5.75 Å². The van der Waals surface area contributed by atoms with Crippen LogP contribution in [-0.2, 0) is 6.61 Å². The lowest BCUT2D eigenvalue weighted by molar-refractivity contribution is 0.0928. The molecule has 1 aliphatic carbocycles. The van der Waals surface area contributed by atoms with E-state index in [1.54, 1.807) is 6.20 Å². The van der Waals surface area contributed by atoms with Gasteiger partial charge in [0.05, 0.1) is 6.20 Å². The van der Waals surface area contributed by atoms with Crippen molar-refractivity contribution in [1.29, 1.82) is 0 Å². The van der Waals surface area contributed by atoms with Gasteiger partial charge >= 0.3 is 0 Å². The number of nitrogens with one attached hydrogen (secondary N) is 1. The lowest BCUT2D eigenvalue weighted by Crippen LogP contribution is -2.39. The summed E-state index contributed by atoms with van der Waals surface area (Å²) >= 11 is 0. The average Bonchev–Trinajstić information content (AvgIpc) is 3.08. The highest BCUT2D eigenvalue weighted by molar-refractivity contribution is 5.94. The summed E-state index contributed by atoms with van der Waals surface area (Å²) in [6.07, 6.45) is 4.95. The highest BCUT2D eigenvalue weighted by Crippen LogP contribution is 2.25. The van der Waals surface area contributed by atoms with Crippen molar-refractivity contribution in [2.45, 2.75) is 38.8 Å². The number of carbonyl (C=O) groups is 1. The van der Waals surface area contributed by atoms with Crippen molar-refractivity contribution in [2.75, 3.05) is 6.54 Å². The molecule has 7 heteroatoms. The highest BCUT2D eigenvalue weighted by Gasteiger charge is 2.27. The normalized spacial score (nSPS) is 18.1. The molecule has 1 amide bonds. The lowest BCUT2D eigenvalue weighted by atomic mass is 10.0. The molecular weight excluding hydrogens is 385 g/mol. The molecule has 1 aromatic heterocycles. The monoisotopic (exact) mass is 411 g/mol. The number of halogens is 2. The van der Waals surface area contributed by atoms with Crippen LogP contribution in [0.15, 0.2) is 42.6 Å². The average molecular weight is 412 g/mol. The number of nitrogens with two attached hydrogens (primary N) is 1. The molecule has 1 aliphatic rings. The molecule has 0 radical (unpaired) electrons. The summed E-state index contributed by atoms with van der Waals surface area (Å²) in [5.74, 6) is 1.07. The molecule has 3 N–H and O–H groups in total. The summed E-state index contributed by atoms with van der Waals surface area (Å²) in [4.78, 5) is 16.7. The van der Waals surface area contributed by atoms with Gasteiger partial charge < -0.3 is 15.8 Å². The number of pyridine rings is 1. The standard InChI is InChI=1S/C20H25N3O2.2ClH/c1-14-8-9-18(12-22-14)25-13-15-4-2-5-16(10-15)20(24)23-19-7-3-6-17(19)11-21;;/h2,4-5,8-10,12,17,19H,3,6-7,11,13,21H2,1H3,(H,23,24);2*1H. The van der Waals surface area contributed by atoms with Gasteiger partial charge in [0.25, 0.3) is 5.91 Å². The quantitative estimate of drug-likeness (QED) is 0.759. The van der Waals surface area contributed by atoms with Crippen LogP contribution in [0, 0.1) is 12.8 Å². The number of ether oxygens (including phenoxy) is 1. The van der Waals surface area contributed by atoms with E-state index in [9.17, 15) is 4.79 Å². The van der Waals surface area contributed by atoms with Crippen LogP contribution in [0.1, 0.15) is 40.9 Å². The lowest BCUT2D eigenvalue weighted by Gasteiger charge is -2.19. The van der Waals surface area contributed by atoms with Crippen molar-refractivity contribution in [2.24, 2.45) is 11.7 Å². The van der Waals surface area contributed by atoms with Crippen LogP contribution >= 0.6 is 24.8 Å². The number of benzene rings is 1. The van der Waals surface area contributed by atoms with Gasteiger partial charge in [-0.1, -0.05) is 18.6 Å². The third-order valence-corrected chi connectivity index (χ3v) is 4.76. The molecule has 2 aromatic rings. The third-order valence-electron chi connectivity index (χ3n) is 4.76. The zero-order chi connectivity index (χ0) is 17.6. The zero-order valence-corrected chi connectivity index (χ0v) is 17.0. The van der Waals surface area contributed by atoms with E-state index in [1.807, 2.05) is 43.3 Å². The van der Waals surface area contributed by atoms with E-state index in [0.29, 0.717) is 24.6 Å². The summed E-state index contributed by atoms with van der Waals surface area (Å²) in [6.45, 7) is 2.97. The van der Waals surface area contributed by atoms with E-state index in [0.717, 1.165) is 36.3 Å². The van der Waals surface area contributed by atoms with E-state index in [-0.39, 0.29) is 36.8 Å². The van der Waals surface area contributed by atoms with Gasteiger partial charge in [-0.3, -0.25) is 9.78 Å². The maximum atomic E-state index is 12.5. The number of nitrogens with zero attached hydrogens (tertiary/aromatic N) is 1. The Hall–Kier alpha value is -1.82.